The van der Waals surface area contributed by atoms with Crippen molar-refractivity contribution in [2.45, 2.75) is 19.4 Å². The molecule has 1 unspecified atom stereocenters. The molecule has 0 aliphatic heterocycles. The van der Waals surface area contributed by atoms with Crippen LogP contribution in [0.2, 0.25) is 5.02 Å². The topological polar surface area (TPSA) is 21.3 Å². The lowest BCUT2D eigenvalue weighted by Crippen LogP contribution is -2.35. The molecular formula is C12H17ClFNO. The van der Waals surface area contributed by atoms with Gasteiger partial charge in [-0.3, -0.25) is 0 Å². The van der Waals surface area contributed by atoms with Crippen molar-refractivity contribution in [3.63, 3.8) is 0 Å². The third-order valence-corrected chi connectivity index (χ3v) is 2.65. The Labute approximate surface area is 101 Å². The van der Waals surface area contributed by atoms with Gasteiger partial charge >= 0.3 is 0 Å². The van der Waals surface area contributed by atoms with E-state index < -0.39 is 0 Å². The van der Waals surface area contributed by atoms with Crippen LogP contribution in [-0.2, 0) is 11.2 Å². The third kappa shape index (κ3) is 3.74. The lowest BCUT2D eigenvalue weighted by molar-refractivity contribution is 0.166. The van der Waals surface area contributed by atoms with E-state index in [1.54, 1.807) is 25.3 Å². The average Bonchev–Trinajstić information content (AvgIpc) is 2.25. The van der Waals surface area contributed by atoms with Gasteiger partial charge in [0.1, 0.15) is 5.82 Å². The Balaban J connectivity index is 2.72. The first-order valence-electron chi connectivity index (χ1n) is 5.34. The molecule has 0 fully saturated rings. The summed E-state index contributed by atoms with van der Waals surface area (Å²) in [5.74, 6) is -0.330. The number of benzene rings is 1. The Morgan fingerprint density at radius 3 is 2.88 bits per heavy atom. The Bertz CT molecular complexity index is 327. The minimum absolute atomic E-state index is 0.114. The normalized spacial score (nSPS) is 12.8. The van der Waals surface area contributed by atoms with E-state index in [0.717, 1.165) is 6.54 Å². The Kier molecular flexibility index (Phi) is 5.74. The van der Waals surface area contributed by atoms with Crippen LogP contribution >= 0.6 is 11.6 Å². The summed E-state index contributed by atoms with van der Waals surface area (Å²) in [6.45, 7) is 3.40. The van der Waals surface area contributed by atoms with Crippen LogP contribution in [0.25, 0.3) is 0 Å². The molecule has 1 aromatic carbocycles. The maximum absolute atomic E-state index is 13.6. The quantitative estimate of drug-likeness (QED) is 0.832. The maximum atomic E-state index is 13.6. The Hall–Kier alpha value is -0.640. The molecule has 0 heterocycles. The van der Waals surface area contributed by atoms with Gasteiger partial charge in [0.05, 0.1) is 11.6 Å². The van der Waals surface area contributed by atoms with Crippen LogP contribution in [0.15, 0.2) is 18.2 Å². The summed E-state index contributed by atoms with van der Waals surface area (Å²) >= 11 is 5.72. The minimum atomic E-state index is -0.330. The van der Waals surface area contributed by atoms with Crippen molar-refractivity contribution >= 4 is 11.6 Å². The van der Waals surface area contributed by atoms with Crippen molar-refractivity contribution in [3.05, 3.63) is 34.6 Å². The highest BCUT2D eigenvalue weighted by atomic mass is 35.5. The number of hydrogen-bond donors (Lipinski definition) is 1. The van der Waals surface area contributed by atoms with E-state index in [4.69, 9.17) is 16.3 Å². The number of nitrogens with one attached hydrogen (secondary N) is 1. The average molecular weight is 246 g/mol. The van der Waals surface area contributed by atoms with E-state index in [1.807, 2.05) is 6.92 Å². The molecule has 0 saturated carbocycles. The monoisotopic (exact) mass is 245 g/mol. The van der Waals surface area contributed by atoms with Crippen LogP contribution in [0.1, 0.15) is 12.5 Å². The van der Waals surface area contributed by atoms with Gasteiger partial charge in [-0.2, -0.15) is 0 Å². The molecule has 0 aliphatic rings. The molecule has 1 aromatic rings. The predicted molar refractivity (Wildman–Crippen MR) is 64.5 cm³/mol. The molecule has 0 aromatic heterocycles. The van der Waals surface area contributed by atoms with Gasteiger partial charge < -0.3 is 10.1 Å². The largest absolute Gasteiger partial charge is 0.383 e. The van der Waals surface area contributed by atoms with E-state index in [-0.39, 0.29) is 16.9 Å². The molecule has 1 N–H and O–H groups in total. The third-order valence-electron chi connectivity index (χ3n) is 2.36. The van der Waals surface area contributed by atoms with Gasteiger partial charge in [-0.05, 0) is 24.6 Å². The maximum Gasteiger partial charge on any atom is 0.145 e. The van der Waals surface area contributed by atoms with Crippen molar-refractivity contribution in [2.75, 3.05) is 20.3 Å². The van der Waals surface area contributed by atoms with Crippen molar-refractivity contribution < 1.29 is 9.13 Å². The zero-order valence-corrected chi connectivity index (χ0v) is 10.4. The van der Waals surface area contributed by atoms with E-state index >= 15 is 0 Å². The van der Waals surface area contributed by atoms with Crippen molar-refractivity contribution in [1.29, 1.82) is 0 Å². The van der Waals surface area contributed by atoms with E-state index in [2.05, 4.69) is 5.32 Å². The molecule has 0 saturated heterocycles. The fraction of sp³-hybridized carbons (Fsp3) is 0.500. The minimum Gasteiger partial charge on any atom is -0.383 e. The number of likely N-dealkylation sites (N-methyl/N-ethyl adjacent to an activating group) is 1. The first-order valence-corrected chi connectivity index (χ1v) is 5.72. The van der Waals surface area contributed by atoms with Crippen LogP contribution in [-0.4, -0.2) is 26.3 Å². The summed E-state index contributed by atoms with van der Waals surface area (Å²) in [6.07, 6.45) is 0.577. The van der Waals surface area contributed by atoms with Crippen molar-refractivity contribution in [3.8, 4) is 0 Å². The first kappa shape index (κ1) is 13.4. The highest BCUT2D eigenvalue weighted by Gasteiger charge is 2.12. The van der Waals surface area contributed by atoms with Crippen molar-refractivity contribution in [1.82, 2.24) is 5.32 Å². The molecule has 0 bridgehead atoms. The standard InChI is InChI=1S/C12H17ClFNO/c1-3-15-10(8-16-2)7-9-5-4-6-11(13)12(9)14/h4-6,10,15H,3,7-8H2,1-2H3. The summed E-state index contributed by atoms with van der Waals surface area (Å²) in [5.41, 5.74) is 0.621. The SMILES string of the molecule is CCNC(COC)Cc1cccc(Cl)c1F. The van der Waals surface area contributed by atoms with E-state index in [1.165, 1.54) is 0 Å². The summed E-state index contributed by atoms with van der Waals surface area (Å²) < 4.78 is 18.7. The summed E-state index contributed by atoms with van der Waals surface area (Å²) in [6, 6.07) is 5.18. The zero-order valence-electron chi connectivity index (χ0n) is 9.59. The Morgan fingerprint density at radius 2 is 2.25 bits per heavy atom. The molecule has 2 nitrogen and oxygen atoms in total. The van der Waals surface area contributed by atoms with Gasteiger partial charge in [0.15, 0.2) is 0 Å². The molecule has 0 radical (unpaired) electrons. The van der Waals surface area contributed by atoms with Gasteiger partial charge in [0, 0.05) is 13.2 Å². The number of hydrogen-bond acceptors (Lipinski definition) is 2. The van der Waals surface area contributed by atoms with E-state index in [0.29, 0.717) is 18.6 Å². The Morgan fingerprint density at radius 1 is 1.50 bits per heavy atom. The molecular weight excluding hydrogens is 229 g/mol. The predicted octanol–water partition coefficient (Wildman–Crippen LogP) is 2.65. The molecule has 0 amide bonds. The number of rotatable bonds is 6. The number of ether oxygens (including phenoxy) is 1. The highest BCUT2D eigenvalue weighted by Crippen LogP contribution is 2.19. The first-order chi connectivity index (χ1) is 7.69. The van der Waals surface area contributed by atoms with Crippen LogP contribution in [0, 0.1) is 5.82 Å². The van der Waals surface area contributed by atoms with Gasteiger partial charge in [0.25, 0.3) is 0 Å². The van der Waals surface area contributed by atoms with Gasteiger partial charge in [0.2, 0.25) is 0 Å². The molecule has 16 heavy (non-hydrogen) atoms. The molecule has 4 heteroatoms. The zero-order chi connectivity index (χ0) is 12.0. The highest BCUT2D eigenvalue weighted by molar-refractivity contribution is 6.30. The van der Waals surface area contributed by atoms with Crippen molar-refractivity contribution in [2.24, 2.45) is 0 Å². The van der Waals surface area contributed by atoms with Gasteiger partial charge in [-0.25, -0.2) is 4.39 Å². The summed E-state index contributed by atoms with van der Waals surface area (Å²) in [4.78, 5) is 0. The number of halogens is 2. The molecule has 90 valence electrons. The fourth-order valence-electron chi connectivity index (χ4n) is 1.65. The molecule has 0 aliphatic carbocycles. The van der Waals surface area contributed by atoms with Crippen LogP contribution in [0.5, 0.6) is 0 Å². The molecule has 1 rings (SSSR count). The van der Waals surface area contributed by atoms with Crippen LogP contribution < -0.4 is 5.32 Å². The van der Waals surface area contributed by atoms with E-state index in [9.17, 15) is 4.39 Å². The summed E-state index contributed by atoms with van der Waals surface area (Å²) in [7, 11) is 1.64. The van der Waals surface area contributed by atoms with Gasteiger partial charge in [-0.15, -0.1) is 0 Å². The lowest BCUT2D eigenvalue weighted by Gasteiger charge is -2.17. The second kappa shape index (κ2) is 6.84. The second-order valence-electron chi connectivity index (χ2n) is 3.63. The fourth-order valence-corrected chi connectivity index (χ4v) is 1.85. The van der Waals surface area contributed by atoms with Gasteiger partial charge in [-0.1, -0.05) is 30.7 Å². The molecule has 1 atom stereocenters. The summed E-state index contributed by atoms with van der Waals surface area (Å²) in [5, 5.41) is 3.42. The van der Waals surface area contributed by atoms with Crippen LogP contribution in [0.3, 0.4) is 0 Å². The second-order valence-corrected chi connectivity index (χ2v) is 4.03. The number of methoxy groups -OCH3 is 1. The smallest absolute Gasteiger partial charge is 0.145 e. The molecule has 0 spiro atoms. The van der Waals surface area contributed by atoms with Crippen LogP contribution in [0.4, 0.5) is 4.39 Å². The lowest BCUT2D eigenvalue weighted by atomic mass is 10.1.